The highest BCUT2D eigenvalue weighted by Crippen LogP contribution is 2.28. The Kier molecular flexibility index (Phi) is 3.85. The second-order valence-electron chi connectivity index (χ2n) is 4.20. The molecule has 2 aromatic rings. The second-order valence-corrected chi connectivity index (χ2v) is 4.20. The number of benzene rings is 1. The van der Waals surface area contributed by atoms with Crippen LogP contribution in [0.5, 0.6) is 5.75 Å². The van der Waals surface area contributed by atoms with Crippen molar-refractivity contribution in [2.75, 3.05) is 7.11 Å². The van der Waals surface area contributed by atoms with E-state index in [9.17, 15) is 4.79 Å². The molecule has 1 N–H and O–H groups in total. The molecule has 2 rings (SSSR count). The van der Waals surface area contributed by atoms with Crippen LogP contribution in [0, 0.1) is 6.92 Å². The van der Waals surface area contributed by atoms with E-state index in [-0.39, 0.29) is 6.42 Å². The molecule has 0 amide bonds. The third-order valence-electron chi connectivity index (χ3n) is 2.88. The number of aromatic nitrogens is 1. The fraction of sp³-hybridized carbons (Fsp3) is 0.286. The average molecular weight is 261 g/mol. The van der Waals surface area contributed by atoms with E-state index in [0.29, 0.717) is 17.9 Å². The lowest BCUT2D eigenvalue weighted by atomic mass is 10.1. The summed E-state index contributed by atoms with van der Waals surface area (Å²) < 4.78 is 10.5. The van der Waals surface area contributed by atoms with E-state index in [1.807, 2.05) is 25.1 Å². The maximum Gasteiger partial charge on any atom is 0.303 e. The first-order valence-corrected chi connectivity index (χ1v) is 5.91. The molecule has 1 aromatic carbocycles. The van der Waals surface area contributed by atoms with Gasteiger partial charge < -0.3 is 14.3 Å². The lowest BCUT2D eigenvalue weighted by Crippen LogP contribution is -1.98. The lowest BCUT2D eigenvalue weighted by Gasteiger charge is -2.06. The maximum absolute atomic E-state index is 10.6. The molecule has 0 aliphatic rings. The van der Waals surface area contributed by atoms with Gasteiger partial charge in [0.05, 0.1) is 13.5 Å². The van der Waals surface area contributed by atoms with Crippen LogP contribution in [0.15, 0.2) is 29.0 Å². The number of hydrogen-bond acceptors (Lipinski definition) is 4. The maximum atomic E-state index is 10.6. The molecule has 0 bridgehead atoms. The van der Waals surface area contributed by atoms with Gasteiger partial charge in [-0.3, -0.25) is 4.79 Å². The number of oxazole rings is 1. The Labute approximate surface area is 110 Å². The number of carboxylic acid groups (broad SMARTS) is 1. The summed E-state index contributed by atoms with van der Waals surface area (Å²) in [6, 6.07) is 5.69. The van der Waals surface area contributed by atoms with Crippen molar-refractivity contribution in [1.29, 1.82) is 0 Å². The number of aryl methyl sites for hydroxylation is 2. The van der Waals surface area contributed by atoms with Crippen LogP contribution in [0.4, 0.5) is 0 Å². The molecule has 0 saturated carbocycles. The predicted octanol–water partition coefficient (Wildman–Crippen LogP) is 2.68. The van der Waals surface area contributed by atoms with E-state index in [1.54, 1.807) is 7.11 Å². The van der Waals surface area contributed by atoms with Gasteiger partial charge >= 0.3 is 5.97 Å². The van der Waals surface area contributed by atoms with Crippen molar-refractivity contribution in [2.24, 2.45) is 0 Å². The van der Waals surface area contributed by atoms with Crippen LogP contribution in [0.25, 0.3) is 11.3 Å². The van der Waals surface area contributed by atoms with Crippen molar-refractivity contribution in [3.8, 4) is 17.0 Å². The molecule has 19 heavy (non-hydrogen) atoms. The second kappa shape index (κ2) is 5.56. The summed E-state index contributed by atoms with van der Waals surface area (Å²) in [7, 11) is 1.62. The van der Waals surface area contributed by atoms with E-state index in [4.69, 9.17) is 14.3 Å². The summed E-state index contributed by atoms with van der Waals surface area (Å²) >= 11 is 0. The van der Waals surface area contributed by atoms with Crippen molar-refractivity contribution in [1.82, 2.24) is 4.98 Å². The first kappa shape index (κ1) is 13.1. The molecule has 0 unspecified atom stereocenters. The largest absolute Gasteiger partial charge is 0.496 e. The van der Waals surface area contributed by atoms with E-state index in [2.05, 4.69) is 4.98 Å². The molecular weight excluding hydrogens is 246 g/mol. The van der Waals surface area contributed by atoms with E-state index < -0.39 is 5.97 Å². The number of ether oxygens (including phenoxy) is 1. The minimum atomic E-state index is -0.853. The summed E-state index contributed by atoms with van der Waals surface area (Å²) in [4.78, 5) is 14.8. The smallest absolute Gasteiger partial charge is 0.303 e. The third kappa shape index (κ3) is 2.93. The Hall–Kier alpha value is -2.30. The number of nitrogens with zero attached hydrogens (tertiary/aromatic N) is 1. The van der Waals surface area contributed by atoms with Gasteiger partial charge in [-0.1, -0.05) is 0 Å². The molecular formula is C14H15NO4. The Bertz CT molecular complexity index is 589. The zero-order chi connectivity index (χ0) is 13.8. The minimum Gasteiger partial charge on any atom is -0.496 e. The van der Waals surface area contributed by atoms with Gasteiger partial charge in [0.15, 0.2) is 6.39 Å². The van der Waals surface area contributed by atoms with E-state index in [1.165, 1.54) is 6.39 Å². The van der Waals surface area contributed by atoms with Gasteiger partial charge in [0.1, 0.15) is 17.2 Å². The van der Waals surface area contributed by atoms with Crippen molar-refractivity contribution < 1.29 is 19.1 Å². The number of carboxylic acids is 1. The van der Waals surface area contributed by atoms with Crippen LogP contribution in [0.3, 0.4) is 0 Å². The molecule has 5 nitrogen and oxygen atoms in total. The van der Waals surface area contributed by atoms with Crippen LogP contribution in [-0.4, -0.2) is 23.2 Å². The Morgan fingerprint density at radius 3 is 2.89 bits per heavy atom. The van der Waals surface area contributed by atoms with Crippen LogP contribution in [0.1, 0.15) is 17.7 Å². The highest BCUT2D eigenvalue weighted by Gasteiger charge is 2.13. The van der Waals surface area contributed by atoms with Crippen LogP contribution < -0.4 is 4.74 Å². The quantitative estimate of drug-likeness (QED) is 0.895. The number of hydrogen-bond donors (Lipinski definition) is 1. The SMILES string of the molecule is COc1ccc(-c2ncoc2CCC(=O)O)cc1C. The Balaban J connectivity index is 2.29. The summed E-state index contributed by atoms with van der Waals surface area (Å²) in [5.41, 5.74) is 2.58. The van der Waals surface area contributed by atoms with E-state index in [0.717, 1.165) is 16.9 Å². The molecule has 100 valence electrons. The van der Waals surface area contributed by atoms with Crippen LogP contribution in [-0.2, 0) is 11.2 Å². The molecule has 0 aliphatic carbocycles. The van der Waals surface area contributed by atoms with Crippen LogP contribution in [0.2, 0.25) is 0 Å². The highest BCUT2D eigenvalue weighted by atomic mass is 16.5. The molecule has 5 heteroatoms. The van der Waals surface area contributed by atoms with Crippen LogP contribution >= 0.6 is 0 Å². The molecule has 0 saturated heterocycles. The molecule has 0 aliphatic heterocycles. The van der Waals surface area contributed by atoms with Crippen molar-refractivity contribution in [2.45, 2.75) is 19.8 Å². The zero-order valence-electron chi connectivity index (χ0n) is 10.8. The Morgan fingerprint density at radius 2 is 2.26 bits per heavy atom. The minimum absolute atomic E-state index is 0.0251. The molecule has 0 spiro atoms. The average Bonchev–Trinajstić information content (AvgIpc) is 2.84. The fourth-order valence-corrected chi connectivity index (χ4v) is 1.93. The summed E-state index contributed by atoms with van der Waals surface area (Å²) in [5.74, 6) is 0.541. The normalized spacial score (nSPS) is 10.4. The van der Waals surface area contributed by atoms with Crippen molar-refractivity contribution in [3.05, 3.63) is 35.9 Å². The summed E-state index contributed by atoms with van der Waals surface area (Å²) in [6.45, 7) is 1.94. The Morgan fingerprint density at radius 1 is 1.47 bits per heavy atom. The summed E-state index contributed by atoms with van der Waals surface area (Å²) in [5, 5.41) is 8.71. The molecule has 1 heterocycles. The molecule has 0 radical (unpaired) electrons. The standard InChI is InChI=1S/C14H15NO4/c1-9-7-10(3-4-11(9)18-2)14-12(19-8-15-14)5-6-13(16)17/h3-4,7-8H,5-6H2,1-2H3,(H,16,17). The number of carbonyl (C=O) groups is 1. The topological polar surface area (TPSA) is 72.6 Å². The van der Waals surface area contributed by atoms with Gasteiger partial charge in [0, 0.05) is 12.0 Å². The first-order chi connectivity index (χ1) is 9.11. The first-order valence-electron chi connectivity index (χ1n) is 5.91. The van der Waals surface area contributed by atoms with Gasteiger partial charge in [0.2, 0.25) is 0 Å². The predicted molar refractivity (Wildman–Crippen MR) is 69.2 cm³/mol. The number of aliphatic carboxylic acids is 1. The summed E-state index contributed by atoms with van der Waals surface area (Å²) in [6.07, 6.45) is 1.69. The van der Waals surface area contributed by atoms with Gasteiger partial charge in [-0.2, -0.15) is 0 Å². The lowest BCUT2D eigenvalue weighted by molar-refractivity contribution is -0.137. The zero-order valence-corrected chi connectivity index (χ0v) is 10.8. The van der Waals surface area contributed by atoms with Crippen molar-refractivity contribution >= 4 is 5.97 Å². The van der Waals surface area contributed by atoms with Gasteiger partial charge in [-0.15, -0.1) is 0 Å². The monoisotopic (exact) mass is 261 g/mol. The number of rotatable bonds is 5. The third-order valence-corrected chi connectivity index (χ3v) is 2.88. The highest BCUT2D eigenvalue weighted by molar-refractivity contribution is 5.68. The van der Waals surface area contributed by atoms with Gasteiger partial charge in [0.25, 0.3) is 0 Å². The van der Waals surface area contributed by atoms with Crippen molar-refractivity contribution in [3.63, 3.8) is 0 Å². The molecule has 1 aromatic heterocycles. The number of methoxy groups -OCH3 is 1. The van der Waals surface area contributed by atoms with E-state index >= 15 is 0 Å². The van der Waals surface area contributed by atoms with Gasteiger partial charge in [-0.05, 0) is 30.7 Å². The fourth-order valence-electron chi connectivity index (χ4n) is 1.93. The molecule has 0 atom stereocenters. The molecule has 0 fully saturated rings. The van der Waals surface area contributed by atoms with Gasteiger partial charge in [-0.25, -0.2) is 4.98 Å².